The number of carbonyl (C=O) groups excluding carboxylic acids is 1. The maximum atomic E-state index is 13.5. The number of rotatable bonds is 4. The van der Waals surface area contributed by atoms with Gasteiger partial charge in [-0.25, -0.2) is 19.8 Å². The van der Waals surface area contributed by atoms with Crippen LogP contribution in [0, 0.1) is 11.2 Å². The van der Waals surface area contributed by atoms with Crippen molar-refractivity contribution in [3.05, 3.63) is 53.7 Å². The van der Waals surface area contributed by atoms with Crippen LogP contribution in [-0.4, -0.2) is 56.7 Å². The number of likely N-dealkylation sites (tertiary alicyclic amines) is 1. The van der Waals surface area contributed by atoms with Gasteiger partial charge in [-0.1, -0.05) is 0 Å². The minimum atomic E-state index is -0.623. The fraction of sp³-hybridized carbons (Fsp3) is 0.350. The highest BCUT2D eigenvalue weighted by atomic mass is 19.1. The summed E-state index contributed by atoms with van der Waals surface area (Å²) in [6, 6.07) is 4.96. The van der Waals surface area contributed by atoms with Crippen molar-refractivity contribution in [1.82, 2.24) is 24.9 Å². The Morgan fingerprint density at radius 2 is 1.97 bits per heavy atom. The topological polar surface area (TPSA) is 86.5 Å². The molecule has 1 aromatic carbocycles. The van der Waals surface area contributed by atoms with E-state index >= 15 is 0 Å². The van der Waals surface area contributed by atoms with Crippen LogP contribution in [-0.2, 0) is 13.6 Å². The number of anilines is 1. The fourth-order valence-corrected chi connectivity index (χ4v) is 4.59. The molecule has 2 saturated heterocycles. The summed E-state index contributed by atoms with van der Waals surface area (Å²) in [5, 5.41) is 9.75. The van der Waals surface area contributed by atoms with Gasteiger partial charge in [0.2, 0.25) is 5.95 Å². The number of hydrogen-bond acceptors (Lipinski definition) is 6. The standard InChI is InChI=1S/C20H21FN6O2/c1-25-7-14(16-3-2-15(21)4-17(16)25)8-26-9-20(10-26)11-27(12-20)19-22-5-13(6-23-19)18(28)24-29/h2-7,29H,8-12H2,1H3,(H,24,28). The van der Waals surface area contributed by atoms with Gasteiger partial charge in [0.1, 0.15) is 5.82 Å². The molecule has 4 heterocycles. The molecule has 2 aliphatic heterocycles. The number of benzene rings is 1. The maximum absolute atomic E-state index is 13.5. The maximum Gasteiger partial charge on any atom is 0.277 e. The summed E-state index contributed by atoms with van der Waals surface area (Å²) >= 11 is 0. The Balaban J connectivity index is 1.19. The number of fused-ring (bicyclic) bond motifs is 1. The summed E-state index contributed by atoms with van der Waals surface area (Å²) in [6.07, 6.45) is 4.91. The first kappa shape index (κ1) is 18.0. The molecule has 0 atom stereocenters. The van der Waals surface area contributed by atoms with Gasteiger partial charge >= 0.3 is 0 Å². The largest absolute Gasteiger partial charge is 0.350 e. The second-order valence-corrected chi connectivity index (χ2v) is 8.14. The van der Waals surface area contributed by atoms with E-state index in [0.29, 0.717) is 5.95 Å². The Hall–Kier alpha value is -3.04. The molecule has 2 aromatic heterocycles. The van der Waals surface area contributed by atoms with Gasteiger partial charge in [-0.2, -0.15) is 0 Å². The Kier molecular flexibility index (Phi) is 4.04. The van der Waals surface area contributed by atoms with Crippen molar-refractivity contribution in [1.29, 1.82) is 0 Å². The molecule has 29 heavy (non-hydrogen) atoms. The molecule has 9 heteroatoms. The molecule has 1 spiro atoms. The minimum Gasteiger partial charge on any atom is -0.350 e. The molecule has 2 fully saturated rings. The van der Waals surface area contributed by atoms with E-state index in [-0.39, 0.29) is 16.8 Å². The van der Waals surface area contributed by atoms with Gasteiger partial charge in [-0.05, 0) is 23.8 Å². The van der Waals surface area contributed by atoms with E-state index in [1.807, 2.05) is 17.7 Å². The third-order valence-corrected chi connectivity index (χ3v) is 5.88. The summed E-state index contributed by atoms with van der Waals surface area (Å²) in [5.74, 6) is -0.239. The Morgan fingerprint density at radius 3 is 2.66 bits per heavy atom. The van der Waals surface area contributed by atoms with Crippen LogP contribution in [0.25, 0.3) is 10.9 Å². The van der Waals surface area contributed by atoms with Crippen LogP contribution < -0.4 is 10.4 Å². The number of carbonyl (C=O) groups is 1. The number of hydrogen-bond donors (Lipinski definition) is 2. The van der Waals surface area contributed by atoms with Crippen LogP contribution in [0.5, 0.6) is 0 Å². The first-order chi connectivity index (χ1) is 14.0. The first-order valence-corrected chi connectivity index (χ1v) is 9.44. The van der Waals surface area contributed by atoms with Gasteiger partial charge in [0.15, 0.2) is 0 Å². The molecule has 3 aromatic rings. The van der Waals surface area contributed by atoms with Gasteiger partial charge in [-0.15, -0.1) is 0 Å². The summed E-state index contributed by atoms with van der Waals surface area (Å²) in [4.78, 5) is 24.3. The van der Waals surface area contributed by atoms with E-state index in [4.69, 9.17) is 5.21 Å². The van der Waals surface area contributed by atoms with Crippen molar-refractivity contribution < 1.29 is 14.4 Å². The predicted molar refractivity (Wildman–Crippen MR) is 104 cm³/mol. The van der Waals surface area contributed by atoms with Crippen LogP contribution >= 0.6 is 0 Å². The zero-order chi connectivity index (χ0) is 20.2. The summed E-state index contributed by atoms with van der Waals surface area (Å²) in [5.41, 5.74) is 4.19. The molecule has 8 nitrogen and oxygen atoms in total. The van der Waals surface area contributed by atoms with Crippen molar-refractivity contribution >= 4 is 22.8 Å². The molecule has 0 bridgehead atoms. The number of halogens is 1. The molecular weight excluding hydrogens is 375 g/mol. The number of amides is 1. The SMILES string of the molecule is Cn1cc(CN2CC3(C2)CN(c2ncc(C(=O)NO)cn2)C3)c2ccc(F)cc21. The zero-order valence-electron chi connectivity index (χ0n) is 16.0. The minimum absolute atomic E-state index is 0.213. The smallest absolute Gasteiger partial charge is 0.277 e. The van der Waals surface area contributed by atoms with Gasteiger partial charge in [0.25, 0.3) is 5.91 Å². The van der Waals surface area contributed by atoms with Crippen molar-refractivity contribution in [3.63, 3.8) is 0 Å². The van der Waals surface area contributed by atoms with Gasteiger partial charge in [0, 0.05) is 69.2 Å². The number of nitrogens with zero attached hydrogens (tertiary/aromatic N) is 5. The highest BCUT2D eigenvalue weighted by Gasteiger charge is 2.52. The highest BCUT2D eigenvalue weighted by Crippen LogP contribution is 2.41. The number of aromatic nitrogens is 3. The third-order valence-electron chi connectivity index (χ3n) is 5.88. The lowest BCUT2D eigenvalue weighted by atomic mass is 9.73. The van der Waals surface area contributed by atoms with Crippen LogP contribution in [0.4, 0.5) is 10.3 Å². The van der Waals surface area contributed by atoms with Crippen LogP contribution in [0.3, 0.4) is 0 Å². The lowest BCUT2D eigenvalue weighted by Gasteiger charge is -2.60. The van der Waals surface area contributed by atoms with Gasteiger partial charge < -0.3 is 9.47 Å². The van der Waals surface area contributed by atoms with E-state index in [1.165, 1.54) is 24.0 Å². The third kappa shape index (κ3) is 3.02. The van der Waals surface area contributed by atoms with E-state index < -0.39 is 5.91 Å². The summed E-state index contributed by atoms with van der Waals surface area (Å²) < 4.78 is 15.5. The quantitative estimate of drug-likeness (QED) is 0.514. The lowest BCUT2D eigenvalue weighted by Crippen LogP contribution is -2.72. The van der Waals surface area contributed by atoms with Crippen LogP contribution in [0.1, 0.15) is 15.9 Å². The monoisotopic (exact) mass is 396 g/mol. The van der Waals surface area contributed by atoms with E-state index in [1.54, 1.807) is 11.5 Å². The Bertz CT molecular complexity index is 1080. The first-order valence-electron chi connectivity index (χ1n) is 9.44. The second-order valence-electron chi connectivity index (χ2n) is 8.14. The molecule has 0 aliphatic carbocycles. The van der Waals surface area contributed by atoms with Crippen molar-refractivity contribution in [2.75, 3.05) is 31.1 Å². The van der Waals surface area contributed by atoms with E-state index in [0.717, 1.165) is 43.6 Å². The Morgan fingerprint density at radius 1 is 1.24 bits per heavy atom. The van der Waals surface area contributed by atoms with Crippen LogP contribution in [0.2, 0.25) is 0 Å². The molecule has 0 saturated carbocycles. The summed E-state index contributed by atoms with van der Waals surface area (Å²) in [6.45, 7) is 4.63. The average Bonchev–Trinajstić information content (AvgIpc) is 2.97. The second kappa shape index (κ2) is 6.50. The van der Waals surface area contributed by atoms with E-state index in [9.17, 15) is 9.18 Å². The average molecular weight is 396 g/mol. The van der Waals surface area contributed by atoms with Crippen molar-refractivity contribution in [3.8, 4) is 0 Å². The molecule has 0 radical (unpaired) electrons. The molecule has 5 rings (SSSR count). The number of nitrogens with one attached hydrogen (secondary N) is 1. The van der Waals surface area contributed by atoms with Crippen LogP contribution in [0.15, 0.2) is 36.8 Å². The number of aryl methyl sites for hydroxylation is 1. The molecular formula is C20H21FN6O2. The molecule has 2 aliphatic rings. The van der Waals surface area contributed by atoms with Crippen molar-refractivity contribution in [2.45, 2.75) is 6.54 Å². The highest BCUT2D eigenvalue weighted by molar-refractivity contribution is 5.92. The molecule has 0 unspecified atom stereocenters. The predicted octanol–water partition coefficient (Wildman–Crippen LogP) is 1.55. The Labute approximate surface area is 166 Å². The van der Waals surface area contributed by atoms with Gasteiger partial charge in [-0.3, -0.25) is 14.9 Å². The van der Waals surface area contributed by atoms with E-state index in [2.05, 4.69) is 26.0 Å². The van der Waals surface area contributed by atoms with Crippen molar-refractivity contribution in [2.24, 2.45) is 12.5 Å². The molecule has 1 amide bonds. The molecule has 2 N–H and O–H groups in total. The fourth-order valence-electron chi connectivity index (χ4n) is 4.59. The normalized spacial score (nSPS) is 18.0. The lowest BCUT2D eigenvalue weighted by molar-refractivity contribution is -0.0278. The summed E-state index contributed by atoms with van der Waals surface area (Å²) in [7, 11) is 1.95. The molecule has 150 valence electrons. The van der Waals surface area contributed by atoms with Gasteiger partial charge in [0.05, 0.1) is 11.1 Å². The zero-order valence-corrected chi connectivity index (χ0v) is 16.0. The number of hydroxylamine groups is 1.